The molecular weight excluding hydrogens is 531 g/mol. The maximum atomic E-state index is 14.9. The van der Waals surface area contributed by atoms with E-state index in [0.29, 0.717) is 35.6 Å². The first kappa shape index (κ1) is 26.1. The summed E-state index contributed by atoms with van der Waals surface area (Å²) in [6.07, 6.45) is 3.91. The van der Waals surface area contributed by atoms with Crippen LogP contribution in [-0.2, 0) is 4.79 Å². The fourth-order valence-electron chi connectivity index (χ4n) is 5.90. The minimum absolute atomic E-state index is 0.00928. The second kappa shape index (κ2) is 9.82. The first-order valence-corrected chi connectivity index (χ1v) is 13.6. The van der Waals surface area contributed by atoms with Gasteiger partial charge in [0.25, 0.3) is 0 Å². The molecule has 3 fully saturated rings. The normalized spacial score (nSPS) is 18.2. The molecule has 3 saturated heterocycles. The van der Waals surface area contributed by atoms with E-state index in [0.717, 1.165) is 17.7 Å². The second-order valence-electron chi connectivity index (χ2n) is 10.6. The molecule has 0 radical (unpaired) electrons. The van der Waals surface area contributed by atoms with E-state index in [1.165, 1.54) is 16.7 Å². The van der Waals surface area contributed by atoms with Crippen molar-refractivity contribution in [2.24, 2.45) is 0 Å². The molecule has 0 saturated carbocycles. The van der Waals surface area contributed by atoms with E-state index < -0.39 is 11.5 Å². The van der Waals surface area contributed by atoms with Gasteiger partial charge >= 0.3 is 5.69 Å². The third-order valence-corrected chi connectivity index (χ3v) is 8.07. The summed E-state index contributed by atoms with van der Waals surface area (Å²) in [6, 6.07) is 9.81. The van der Waals surface area contributed by atoms with Gasteiger partial charge in [0, 0.05) is 24.8 Å². The van der Waals surface area contributed by atoms with Crippen LogP contribution in [0.5, 0.6) is 0 Å². The third-order valence-electron chi connectivity index (χ3n) is 7.78. The lowest BCUT2D eigenvalue weighted by Crippen LogP contribution is -2.70. The molecule has 3 aliphatic heterocycles. The molecule has 1 aromatic carbocycles. The van der Waals surface area contributed by atoms with Gasteiger partial charge in [-0.2, -0.15) is 4.98 Å². The summed E-state index contributed by atoms with van der Waals surface area (Å²) in [4.78, 5) is 44.1. The van der Waals surface area contributed by atoms with Crippen molar-refractivity contribution >= 4 is 34.4 Å². The quantitative estimate of drug-likeness (QED) is 0.319. The predicted octanol–water partition coefficient (Wildman–Crippen LogP) is 5.04. The zero-order chi connectivity index (χ0) is 28.3. The van der Waals surface area contributed by atoms with Crippen LogP contribution in [0.2, 0.25) is 5.02 Å². The van der Waals surface area contributed by atoms with Crippen LogP contribution >= 0.6 is 11.6 Å². The minimum atomic E-state index is -0.515. The van der Waals surface area contributed by atoms with Crippen LogP contribution in [0.1, 0.15) is 37.4 Å². The van der Waals surface area contributed by atoms with Crippen LogP contribution in [0.4, 0.5) is 10.2 Å². The highest BCUT2D eigenvalue weighted by molar-refractivity contribution is 6.33. The maximum Gasteiger partial charge on any atom is 0.355 e. The average Bonchev–Trinajstić information content (AvgIpc) is 2.93. The summed E-state index contributed by atoms with van der Waals surface area (Å²) < 4.78 is 16.4. The van der Waals surface area contributed by atoms with Crippen LogP contribution < -0.4 is 10.6 Å². The summed E-state index contributed by atoms with van der Waals surface area (Å²) in [5, 5.41) is 0.813. The van der Waals surface area contributed by atoms with Gasteiger partial charge < -0.3 is 9.80 Å². The number of carbonyl (C=O) groups excluding carboxylic acids is 1. The summed E-state index contributed by atoms with van der Waals surface area (Å²) in [7, 11) is 0. The Bertz CT molecular complexity index is 1740. The molecule has 0 aliphatic carbocycles. The number of aryl methyl sites for hydroxylation is 1. The van der Waals surface area contributed by atoms with Crippen molar-refractivity contribution in [2.75, 3.05) is 18.0 Å². The van der Waals surface area contributed by atoms with Crippen molar-refractivity contribution in [3.8, 4) is 16.9 Å². The number of pyridine rings is 2. The lowest BCUT2D eigenvalue weighted by molar-refractivity contribution is -0.128. The molecule has 7 rings (SSSR count). The van der Waals surface area contributed by atoms with E-state index in [-0.39, 0.29) is 40.2 Å². The minimum Gasteiger partial charge on any atom is -0.346 e. The second-order valence-corrected chi connectivity index (χ2v) is 11.0. The van der Waals surface area contributed by atoms with E-state index in [4.69, 9.17) is 16.6 Å². The van der Waals surface area contributed by atoms with Gasteiger partial charge in [0.05, 0.1) is 39.6 Å². The average molecular weight is 559 g/mol. The van der Waals surface area contributed by atoms with Crippen LogP contribution in [0.25, 0.3) is 28.0 Å². The topological polar surface area (TPSA) is 84.2 Å². The Labute approximate surface area is 235 Å². The Balaban J connectivity index is 1.62. The van der Waals surface area contributed by atoms with Crippen molar-refractivity contribution in [2.45, 2.75) is 45.2 Å². The van der Waals surface area contributed by atoms with Gasteiger partial charge in [-0.3, -0.25) is 9.78 Å². The summed E-state index contributed by atoms with van der Waals surface area (Å²) in [5.74, 6) is -0.109. The number of halogens is 2. The van der Waals surface area contributed by atoms with Crippen molar-refractivity contribution in [3.63, 3.8) is 0 Å². The first-order chi connectivity index (χ1) is 19.2. The lowest BCUT2D eigenvalue weighted by atomic mass is 9.87. The molecule has 3 aromatic heterocycles. The third kappa shape index (κ3) is 4.07. The Kier molecular flexibility index (Phi) is 6.41. The molecule has 2 bridgehead atoms. The predicted molar refractivity (Wildman–Crippen MR) is 154 cm³/mol. The van der Waals surface area contributed by atoms with Gasteiger partial charge in [-0.15, -0.1) is 0 Å². The molecule has 10 heteroatoms. The number of rotatable bonds is 5. The standard InChI is InChI=1S/C30H28ClFN6O2/c1-5-24(39)36-14-18-12-19(15-36)37(18)29-21-13-22(31)26(20-8-6-7-9-23(20)32)34-28(21)38(30(40)35-29)27-17(4)10-11-33-25(27)16(2)3/h5-11,13,16,18-19H,1,12,14-15H2,2-4H3/t18-,19+. The van der Waals surface area contributed by atoms with Crippen molar-refractivity contribution in [1.82, 2.24) is 24.4 Å². The summed E-state index contributed by atoms with van der Waals surface area (Å²) in [6.45, 7) is 10.5. The number of fused-ring (bicyclic) bond motifs is 3. The molecule has 1 amide bonds. The zero-order valence-corrected chi connectivity index (χ0v) is 23.2. The highest BCUT2D eigenvalue weighted by Crippen LogP contribution is 2.41. The largest absolute Gasteiger partial charge is 0.355 e. The number of hydrogen-bond donors (Lipinski definition) is 0. The molecule has 0 N–H and O–H groups in total. The smallest absolute Gasteiger partial charge is 0.346 e. The Morgan fingerprint density at radius 2 is 1.90 bits per heavy atom. The summed E-state index contributed by atoms with van der Waals surface area (Å²) >= 11 is 6.76. The van der Waals surface area contributed by atoms with Gasteiger partial charge in [0.2, 0.25) is 5.91 Å². The van der Waals surface area contributed by atoms with Crippen molar-refractivity contribution in [1.29, 1.82) is 0 Å². The van der Waals surface area contributed by atoms with E-state index in [1.54, 1.807) is 35.4 Å². The number of aromatic nitrogens is 4. The summed E-state index contributed by atoms with van der Waals surface area (Å²) in [5.41, 5.74) is 2.43. The van der Waals surface area contributed by atoms with Gasteiger partial charge in [-0.05, 0) is 55.2 Å². The van der Waals surface area contributed by atoms with Gasteiger partial charge in [0.1, 0.15) is 11.6 Å². The van der Waals surface area contributed by atoms with Gasteiger partial charge in [-0.1, -0.05) is 44.2 Å². The maximum absolute atomic E-state index is 14.9. The highest BCUT2D eigenvalue weighted by atomic mass is 35.5. The molecule has 8 nitrogen and oxygen atoms in total. The molecular formula is C30H28ClFN6O2. The highest BCUT2D eigenvalue weighted by Gasteiger charge is 2.47. The van der Waals surface area contributed by atoms with Gasteiger partial charge in [0.15, 0.2) is 5.65 Å². The molecule has 204 valence electrons. The number of nitrogens with zero attached hydrogens (tertiary/aromatic N) is 6. The number of anilines is 1. The van der Waals surface area contributed by atoms with Crippen molar-refractivity contribution in [3.05, 3.63) is 87.8 Å². The van der Waals surface area contributed by atoms with Gasteiger partial charge in [-0.25, -0.2) is 18.7 Å². The van der Waals surface area contributed by atoms with E-state index in [2.05, 4.69) is 21.4 Å². The molecule has 40 heavy (non-hydrogen) atoms. The molecule has 2 atom stereocenters. The zero-order valence-electron chi connectivity index (χ0n) is 22.4. The van der Waals surface area contributed by atoms with E-state index >= 15 is 0 Å². The monoisotopic (exact) mass is 558 g/mol. The molecule has 0 spiro atoms. The number of piperidine rings is 1. The lowest BCUT2D eigenvalue weighted by Gasteiger charge is -2.56. The van der Waals surface area contributed by atoms with Crippen LogP contribution in [0, 0.1) is 12.7 Å². The number of amides is 1. The van der Waals surface area contributed by atoms with Crippen LogP contribution in [-0.4, -0.2) is 55.5 Å². The Hall–Kier alpha value is -4.11. The molecule has 4 aromatic rings. The number of hydrogen-bond acceptors (Lipinski definition) is 6. The van der Waals surface area contributed by atoms with E-state index in [9.17, 15) is 14.0 Å². The Morgan fingerprint density at radius 3 is 2.58 bits per heavy atom. The van der Waals surface area contributed by atoms with E-state index in [1.807, 2.05) is 26.8 Å². The van der Waals surface area contributed by atoms with Crippen molar-refractivity contribution < 1.29 is 9.18 Å². The molecule has 3 aliphatic rings. The first-order valence-electron chi connectivity index (χ1n) is 13.2. The number of piperazine rings is 1. The SMILES string of the molecule is C=CC(=O)N1C[C@H]2C[C@@H](C1)N2c1nc(=O)n(-c2c(C)ccnc2C(C)C)c2nc(-c3ccccc3F)c(Cl)cc12. The number of benzene rings is 1. The molecule has 6 heterocycles. The van der Waals surface area contributed by atoms with Crippen LogP contribution in [0.3, 0.4) is 0 Å². The Morgan fingerprint density at radius 1 is 1.18 bits per heavy atom. The fraction of sp³-hybridized carbons (Fsp3) is 0.300. The molecule has 0 unspecified atom stereocenters. The number of carbonyl (C=O) groups is 1. The fourth-order valence-corrected chi connectivity index (χ4v) is 6.15. The van der Waals surface area contributed by atoms with Crippen LogP contribution in [0.15, 0.2) is 60.0 Å².